The molecule has 0 fully saturated rings. The van der Waals surface area contributed by atoms with Gasteiger partial charge >= 0.3 is 44.4 Å². The summed E-state index contributed by atoms with van der Waals surface area (Å²) >= 11 is 0. The molecule has 0 spiro atoms. The predicted molar refractivity (Wildman–Crippen MR) is 7.61 cm³/mol. The first kappa shape index (κ1) is 15.8. The summed E-state index contributed by atoms with van der Waals surface area (Å²) in [7, 11) is -5.39. The van der Waals surface area contributed by atoms with Gasteiger partial charge in [0.15, 0.2) is 0 Å². The molecule has 4 nitrogen and oxygen atoms in total. The zero-order valence-corrected chi connectivity index (χ0v) is 8.96. The van der Waals surface area contributed by atoms with E-state index >= 15 is 0 Å². The Kier molecular flexibility index (Phi) is 12.8. The van der Waals surface area contributed by atoms with Crippen molar-refractivity contribution in [3.8, 4) is 0 Å². The standard InChI is InChI=1S/Cd.Cu.H3O4P/c;;1-5(2,3)4/h;;(H3,1,2,3,4)/q2*+2;/p-3. The molecule has 0 rings (SSSR count). The maximum Gasteiger partial charge on any atom is 2.00 e. The van der Waals surface area contributed by atoms with Crippen molar-refractivity contribution in [1.82, 2.24) is 0 Å². The zero-order chi connectivity index (χ0) is 4.50. The van der Waals surface area contributed by atoms with E-state index in [1.807, 2.05) is 0 Å². The fourth-order valence-electron chi connectivity index (χ4n) is 0. The molecule has 7 heteroatoms. The SMILES string of the molecule is O=P([O-])([O-])[O-].[Cd+2].[Cu+2]. The Bertz CT molecular complexity index is 57.8. The fourth-order valence-corrected chi connectivity index (χ4v) is 0. The van der Waals surface area contributed by atoms with Crippen LogP contribution in [0.3, 0.4) is 0 Å². The van der Waals surface area contributed by atoms with Gasteiger partial charge in [-0.15, -0.1) is 0 Å². The fraction of sp³-hybridized carbons (Fsp3) is 0. The maximum absolute atomic E-state index is 8.55. The van der Waals surface area contributed by atoms with Gasteiger partial charge in [-0.2, -0.15) is 7.82 Å². The van der Waals surface area contributed by atoms with Crippen molar-refractivity contribution in [2.24, 2.45) is 0 Å². The van der Waals surface area contributed by atoms with Gasteiger partial charge in [-0.25, -0.2) is 0 Å². The van der Waals surface area contributed by atoms with Crippen LogP contribution in [0.1, 0.15) is 0 Å². The number of hydrogen-bond donors (Lipinski definition) is 0. The number of hydrogen-bond acceptors (Lipinski definition) is 4. The molecule has 0 aromatic carbocycles. The quantitative estimate of drug-likeness (QED) is 0.351. The molecule has 0 aliphatic carbocycles. The van der Waals surface area contributed by atoms with Crippen LogP contribution in [-0.2, 0) is 48.9 Å². The first-order chi connectivity index (χ1) is 2.00. The maximum atomic E-state index is 8.55. The molecular formula is CdCuO4P+. The van der Waals surface area contributed by atoms with Crippen molar-refractivity contribution in [2.75, 3.05) is 0 Å². The van der Waals surface area contributed by atoms with Crippen molar-refractivity contribution in [2.45, 2.75) is 0 Å². The van der Waals surface area contributed by atoms with Gasteiger partial charge in [0.05, 0.1) is 0 Å². The van der Waals surface area contributed by atoms with Gasteiger partial charge in [-0.05, 0) is 0 Å². The van der Waals surface area contributed by atoms with Gasteiger partial charge < -0.3 is 19.2 Å². The Morgan fingerprint density at radius 2 is 1.14 bits per heavy atom. The second-order valence-electron chi connectivity index (χ2n) is 0.447. The summed E-state index contributed by atoms with van der Waals surface area (Å²) in [5.74, 6) is 0. The van der Waals surface area contributed by atoms with E-state index in [4.69, 9.17) is 19.2 Å². The molecule has 0 aliphatic rings. The molecule has 41 valence electrons. The molecule has 0 atom stereocenters. The van der Waals surface area contributed by atoms with Crippen LogP contribution in [-0.4, -0.2) is 0 Å². The van der Waals surface area contributed by atoms with Gasteiger partial charge in [-0.1, -0.05) is 0 Å². The zero-order valence-electron chi connectivity index (χ0n) is 3.09. The molecule has 1 radical (unpaired) electrons. The molecule has 0 unspecified atom stereocenters. The van der Waals surface area contributed by atoms with E-state index in [2.05, 4.69) is 0 Å². The minimum Gasteiger partial charge on any atom is -0.822 e. The molecule has 0 saturated heterocycles. The van der Waals surface area contributed by atoms with Gasteiger partial charge in [0.2, 0.25) is 0 Å². The molecule has 0 aromatic heterocycles. The molecule has 0 aliphatic heterocycles. The van der Waals surface area contributed by atoms with Crippen LogP contribution >= 0.6 is 7.82 Å². The first-order valence-electron chi connectivity index (χ1n) is 0.730. The van der Waals surface area contributed by atoms with Crippen LogP contribution in [0.4, 0.5) is 0 Å². The Morgan fingerprint density at radius 3 is 1.14 bits per heavy atom. The smallest absolute Gasteiger partial charge is 0.822 e. The summed E-state index contributed by atoms with van der Waals surface area (Å²) in [5, 5.41) is 0. The molecule has 0 heterocycles. The topological polar surface area (TPSA) is 86.2 Å². The molecule has 0 saturated carbocycles. The van der Waals surface area contributed by atoms with E-state index in [0.29, 0.717) is 0 Å². The molecule has 0 bridgehead atoms. The number of phosphoric acid groups is 1. The van der Waals surface area contributed by atoms with Crippen molar-refractivity contribution >= 4 is 7.82 Å². The van der Waals surface area contributed by atoms with E-state index in [9.17, 15) is 0 Å². The number of rotatable bonds is 0. The normalized spacial score (nSPS) is 8.43. The van der Waals surface area contributed by atoms with E-state index in [1.54, 1.807) is 0 Å². The largest absolute Gasteiger partial charge is 2.00 e. The van der Waals surface area contributed by atoms with Crippen LogP contribution in [0, 0.1) is 0 Å². The van der Waals surface area contributed by atoms with Crippen molar-refractivity contribution in [3.05, 3.63) is 0 Å². The Hall–Kier alpha value is 1.55. The summed E-state index contributed by atoms with van der Waals surface area (Å²) in [6.45, 7) is 0. The Labute approximate surface area is 71.2 Å². The van der Waals surface area contributed by atoms with Crippen molar-refractivity contribution in [1.29, 1.82) is 0 Å². The molecule has 7 heavy (non-hydrogen) atoms. The van der Waals surface area contributed by atoms with Gasteiger partial charge in [0.1, 0.15) is 0 Å². The second-order valence-corrected chi connectivity index (χ2v) is 1.34. The summed E-state index contributed by atoms with van der Waals surface area (Å²) < 4.78 is 8.55. The van der Waals surface area contributed by atoms with Crippen LogP contribution in [0.25, 0.3) is 0 Å². The molecule has 0 aromatic rings. The van der Waals surface area contributed by atoms with Crippen LogP contribution in [0.5, 0.6) is 0 Å². The summed E-state index contributed by atoms with van der Waals surface area (Å²) in [6, 6.07) is 0. The minimum absolute atomic E-state index is 0. The minimum atomic E-state index is -5.39. The van der Waals surface area contributed by atoms with E-state index in [0.717, 1.165) is 0 Å². The molecule has 0 amide bonds. The Morgan fingerprint density at radius 1 is 1.14 bits per heavy atom. The van der Waals surface area contributed by atoms with Crippen LogP contribution in [0.2, 0.25) is 0 Å². The Balaban J connectivity index is -0.0000000800. The van der Waals surface area contributed by atoms with Gasteiger partial charge in [-0.3, -0.25) is 0 Å². The third-order valence-corrected chi connectivity index (χ3v) is 0. The summed E-state index contributed by atoms with van der Waals surface area (Å²) in [5.41, 5.74) is 0. The van der Waals surface area contributed by atoms with Crippen molar-refractivity contribution in [3.63, 3.8) is 0 Å². The third kappa shape index (κ3) is 96.7. The third-order valence-electron chi connectivity index (χ3n) is 0. The predicted octanol–water partition coefficient (Wildman–Crippen LogP) is -2.83. The monoisotopic (exact) mass is 272 g/mol. The van der Waals surface area contributed by atoms with Gasteiger partial charge in [0, 0.05) is 0 Å². The average Bonchev–Trinajstić information content (AvgIpc) is 0.722. The molecular weight excluding hydrogens is 271 g/mol. The average molecular weight is 271 g/mol. The van der Waals surface area contributed by atoms with E-state index < -0.39 is 7.82 Å². The summed E-state index contributed by atoms with van der Waals surface area (Å²) in [4.78, 5) is 25.6. The van der Waals surface area contributed by atoms with E-state index in [1.165, 1.54) is 0 Å². The first-order valence-corrected chi connectivity index (χ1v) is 2.19. The van der Waals surface area contributed by atoms with E-state index in [-0.39, 0.29) is 44.4 Å². The molecule has 0 N–H and O–H groups in total. The second kappa shape index (κ2) is 5.68. The van der Waals surface area contributed by atoms with Gasteiger partial charge in [0.25, 0.3) is 0 Å². The van der Waals surface area contributed by atoms with Crippen LogP contribution in [0.15, 0.2) is 0 Å². The van der Waals surface area contributed by atoms with Crippen LogP contribution < -0.4 is 14.7 Å². The van der Waals surface area contributed by atoms with Crippen molar-refractivity contribution < 1.29 is 63.6 Å². The summed E-state index contributed by atoms with van der Waals surface area (Å²) in [6.07, 6.45) is 0.